The highest BCUT2D eigenvalue weighted by atomic mass is 16.5. The Hall–Kier alpha value is -1.72. The molecule has 5 heteroatoms. The molecule has 92 valence electrons. The number of Topliss-reactive ketones (excluding diaryl/α,β-unsaturated/α-hetero) is 1. The van der Waals surface area contributed by atoms with Gasteiger partial charge in [0, 0.05) is 13.2 Å². The van der Waals surface area contributed by atoms with Gasteiger partial charge < -0.3 is 14.9 Å². The molecule has 1 rings (SSSR count). The SMILES string of the molecule is COC1C=C(C=CC(=O)O)C=CC1(O)C(C)=O. The first kappa shape index (κ1) is 13.3. The lowest BCUT2D eigenvalue weighted by Gasteiger charge is -2.31. The number of ether oxygens (including phenoxy) is 1. The monoisotopic (exact) mass is 238 g/mol. The third-order valence-corrected chi connectivity index (χ3v) is 2.54. The maximum Gasteiger partial charge on any atom is 0.328 e. The van der Waals surface area contributed by atoms with Gasteiger partial charge in [-0.25, -0.2) is 4.79 Å². The molecule has 0 aromatic rings. The van der Waals surface area contributed by atoms with E-state index in [1.54, 1.807) is 0 Å². The van der Waals surface area contributed by atoms with Crippen molar-refractivity contribution in [3.63, 3.8) is 0 Å². The maximum atomic E-state index is 11.3. The van der Waals surface area contributed by atoms with E-state index in [1.165, 1.54) is 38.3 Å². The Morgan fingerprint density at radius 3 is 2.65 bits per heavy atom. The van der Waals surface area contributed by atoms with Crippen LogP contribution in [0.5, 0.6) is 0 Å². The van der Waals surface area contributed by atoms with E-state index in [0.717, 1.165) is 6.08 Å². The van der Waals surface area contributed by atoms with Crippen LogP contribution in [-0.2, 0) is 14.3 Å². The van der Waals surface area contributed by atoms with Gasteiger partial charge in [0.1, 0.15) is 6.10 Å². The molecule has 0 amide bonds. The second-order valence-corrected chi connectivity index (χ2v) is 3.71. The van der Waals surface area contributed by atoms with Crippen molar-refractivity contribution in [2.24, 2.45) is 0 Å². The molecular formula is C12H14O5. The van der Waals surface area contributed by atoms with Gasteiger partial charge in [-0.2, -0.15) is 0 Å². The summed E-state index contributed by atoms with van der Waals surface area (Å²) < 4.78 is 5.03. The van der Waals surface area contributed by atoms with Crippen LogP contribution in [0.4, 0.5) is 0 Å². The Bertz CT molecular complexity index is 419. The summed E-state index contributed by atoms with van der Waals surface area (Å²) >= 11 is 0. The van der Waals surface area contributed by atoms with Crippen LogP contribution in [0, 0.1) is 0 Å². The molecule has 0 radical (unpaired) electrons. The van der Waals surface area contributed by atoms with Crippen LogP contribution < -0.4 is 0 Å². The van der Waals surface area contributed by atoms with Crippen LogP contribution >= 0.6 is 0 Å². The number of hydrogen-bond donors (Lipinski definition) is 2. The summed E-state index contributed by atoms with van der Waals surface area (Å²) in [7, 11) is 1.37. The minimum Gasteiger partial charge on any atom is -0.478 e. The number of carbonyl (C=O) groups is 2. The Labute approximate surface area is 98.7 Å². The van der Waals surface area contributed by atoms with Gasteiger partial charge in [0.2, 0.25) is 0 Å². The van der Waals surface area contributed by atoms with E-state index in [9.17, 15) is 14.7 Å². The van der Waals surface area contributed by atoms with Gasteiger partial charge in [-0.15, -0.1) is 0 Å². The van der Waals surface area contributed by atoms with Gasteiger partial charge in [0.25, 0.3) is 0 Å². The number of carboxylic acids is 1. The summed E-state index contributed by atoms with van der Waals surface area (Å²) in [4.78, 5) is 21.7. The molecule has 2 atom stereocenters. The maximum absolute atomic E-state index is 11.3. The normalized spacial score (nSPS) is 28.2. The summed E-state index contributed by atoms with van der Waals surface area (Å²) in [6.45, 7) is 1.27. The van der Waals surface area contributed by atoms with E-state index in [1.807, 2.05) is 0 Å². The third kappa shape index (κ3) is 2.89. The van der Waals surface area contributed by atoms with E-state index < -0.39 is 23.5 Å². The largest absolute Gasteiger partial charge is 0.478 e. The quantitative estimate of drug-likeness (QED) is 0.695. The lowest BCUT2D eigenvalue weighted by molar-refractivity contribution is -0.139. The zero-order valence-electron chi connectivity index (χ0n) is 9.58. The second kappa shape index (κ2) is 5.07. The van der Waals surface area contributed by atoms with Gasteiger partial charge in [-0.05, 0) is 30.7 Å². The molecule has 2 N–H and O–H groups in total. The molecule has 0 saturated heterocycles. The highest BCUT2D eigenvalue weighted by Crippen LogP contribution is 2.25. The van der Waals surface area contributed by atoms with Crippen LogP contribution in [0.15, 0.2) is 36.0 Å². The average molecular weight is 238 g/mol. The van der Waals surface area contributed by atoms with Gasteiger partial charge >= 0.3 is 5.97 Å². The molecule has 0 spiro atoms. The van der Waals surface area contributed by atoms with Crippen molar-refractivity contribution in [2.75, 3.05) is 7.11 Å². The van der Waals surface area contributed by atoms with Crippen LogP contribution in [0.1, 0.15) is 6.92 Å². The fourth-order valence-electron chi connectivity index (χ4n) is 1.52. The van der Waals surface area contributed by atoms with Gasteiger partial charge in [0.05, 0.1) is 0 Å². The minimum absolute atomic E-state index is 0.432. The van der Waals surface area contributed by atoms with Gasteiger partial charge in [-0.1, -0.05) is 6.08 Å². The Morgan fingerprint density at radius 2 is 2.18 bits per heavy atom. The number of rotatable bonds is 4. The van der Waals surface area contributed by atoms with Crippen molar-refractivity contribution < 1.29 is 24.5 Å². The number of aliphatic hydroxyl groups is 1. The summed E-state index contributed by atoms with van der Waals surface area (Å²) in [5.41, 5.74) is -1.12. The Balaban J connectivity index is 2.98. The molecule has 0 aliphatic heterocycles. The standard InChI is InChI=1S/C12H14O5/c1-8(13)12(16)6-5-9(3-4-11(14)15)7-10(12)17-2/h3-7,10,16H,1-2H3,(H,14,15). The average Bonchev–Trinajstić information content (AvgIpc) is 2.27. The van der Waals surface area contributed by atoms with E-state index in [4.69, 9.17) is 9.84 Å². The lowest BCUT2D eigenvalue weighted by atomic mass is 9.86. The van der Waals surface area contributed by atoms with E-state index in [0.29, 0.717) is 5.57 Å². The smallest absolute Gasteiger partial charge is 0.328 e. The summed E-state index contributed by atoms with van der Waals surface area (Å²) in [6.07, 6.45) is 5.81. The molecule has 0 fully saturated rings. The van der Waals surface area contributed by atoms with E-state index in [2.05, 4.69) is 0 Å². The number of methoxy groups -OCH3 is 1. The number of hydrogen-bond acceptors (Lipinski definition) is 4. The fourth-order valence-corrected chi connectivity index (χ4v) is 1.52. The van der Waals surface area contributed by atoms with Crippen molar-refractivity contribution in [1.29, 1.82) is 0 Å². The number of ketones is 1. The highest BCUT2D eigenvalue weighted by molar-refractivity contribution is 5.89. The zero-order chi connectivity index (χ0) is 13.1. The molecule has 0 saturated carbocycles. The Kier molecular flexibility index (Phi) is 3.98. The van der Waals surface area contributed by atoms with Crippen LogP contribution in [0.25, 0.3) is 0 Å². The summed E-state index contributed by atoms with van der Waals surface area (Å²) in [5.74, 6) is -1.50. The molecule has 0 aromatic heterocycles. The van der Waals surface area contributed by atoms with Crippen LogP contribution in [0.2, 0.25) is 0 Å². The number of carboxylic acid groups (broad SMARTS) is 1. The lowest BCUT2D eigenvalue weighted by Crippen LogP contribution is -2.48. The van der Waals surface area contributed by atoms with E-state index >= 15 is 0 Å². The summed E-state index contributed by atoms with van der Waals surface area (Å²) in [6, 6.07) is 0. The van der Waals surface area contributed by atoms with Crippen molar-refractivity contribution in [3.8, 4) is 0 Å². The molecule has 2 unspecified atom stereocenters. The highest BCUT2D eigenvalue weighted by Gasteiger charge is 2.39. The fraction of sp³-hybridized carbons (Fsp3) is 0.333. The van der Waals surface area contributed by atoms with Gasteiger partial charge in [0.15, 0.2) is 11.4 Å². The first-order valence-electron chi connectivity index (χ1n) is 4.98. The van der Waals surface area contributed by atoms with Crippen molar-refractivity contribution in [1.82, 2.24) is 0 Å². The third-order valence-electron chi connectivity index (χ3n) is 2.54. The topological polar surface area (TPSA) is 83.8 Å². The molecular weight excluding hydrogens is 224 g/mol. The van der Waals surface area contributed by atoms with Crippen molar-refractivity contribution in [3.05, 3.63) is 36.0 Å². The number of carbonyl (C=O) groups excluding carboxylic acids is 1. The number of aliphatic carboxylic acids is 1. The van der Waals surface area contributed by atoms with E-state index in [-0.39, 0.29) is 0 Å². The first-order valence-corrected chi connectivity index (χ1v) is 4.98. The Morgan fingerprint density at radius 1 is 1.53 bits per heavy atom. The first-order chi connectivity index (χ1) is 7.90. The molecule has 0 heterocycles. The molecule has 0 aromatic carbocycles. The predicted molar refractivity (Wildman–Crippen MR) is 60.4 cm³/mol. The van der Waals surface area contributed by atoms with Crippen molar-refractivity contribution >= 4 is 11.8 Å². The zero-order valence-corrected chi connectivity index (χ0v) is 9.58. The van der Waals surface area contributed by atoms with Gasteiger partial charge in [-0.3, -0.25) is 4.79 Å². The van der Waals surface area contributed by atoms with Crippen LogP contribution in [0.3, 0.4) is 0 Å². The second-order valence-electron chi connectivity index (χ2n) is 3.71. The molecule has 1 aliphatic rings. The minimum atomic E-state index is -1.69. The number of allylic oxidation sites excluding steroid dienone is 3. The predicted octanol–water partition coefficient (Wildman–Crippen LogP) is 0.459. The van der Waals surface area contributed by atoms with Crippen molar-refractivity contribution in [2.45, 2.75) is 18.6 Å². The molecule has 5 nitrogen and oxygen atoms in total. The molecule has 0 bridgehead atoms. The molecule has 1 aliphatic carbocycles. The van der Waals surface area contributed by atoms with Crippen LogP contribution in [-0.4, -0.2) is 40.8 Å². The summed E-state index contributed by atoms with van der Waals surface area (Å²) in [5, 5.41) is 18.5. The molecule has 17 heavy (non-hydrogen) atoms.